The van der Waals surface area contributed by atoms with Gasteiger partial charge in [-0.2, -0.15) is 0 Å². The number of hydrogen-bond donors (Lipinski definition) is 0. The van der Waals surface area contributed by atoms with E-state index in [4.69, 9.17) is 0 Å². The lowest BCUT2D eigenvalue weighted by Crippen LogP contribution is -2.29. The standard InChI is InChI=1S/C65H43N/c1-5-22-44(23-6-1)65(45-24-7-2-8-25-45)62-39-20-19-35-54(62)56-37-21-38-57(64(56)65)59-43-61-51-33-15-13-31-49(51)58(42-60(61)52-34-16-14-32-50(52)59)53-40-41-63(55-36-18-17-30-48(53)55)66(46-26-9-3-10-27-46)47-28-11-4-12-29-47/h1-43H. The van der Waals surface area contributed by atoms with E-state index in [9.17, 15) is 0 Å². The first-order chi connectivity index (χ1) is 32.8. The summed E-state index contributed by atoms with van der Waals surface area (Å²) in [5.41, 5.74) is 15.6. The Balaban J connectivity index is 1.08. The van der Waals surface area contributed by atoms with E-state index in [0.717, 1.165) is 17.1 Å². The van der Waals surface area contributed by atoms with Gasteiger partial charge in [-0.1, -0.05) is 218 Å². The Kier molecular flexibility index (Phi) is 8.82. The minimum atomic E-state index is -0.531. The largest absolute Gasteiger partial charge is 0.310 e. The van der Waals surface area contributed by atoms with Crippen molar-refractivity contribution in [1.82, 2.24) is 0 Å². The van der Waals surface area contributed by atoms with Crippen LogP contribution in [-0.2, 0) is 5.41 Å². The van der Waals surface area contributed by atoms with Crippen LogP contribution in [0.25, 0.3) is 76.5 Å². The molecule has 0 heterocycles. The van der Waals surface area contributed by atoms with Crippen LogP contribution in [0.5, 0.6) is 0 Å². The third-order valence-corrected chi connectivity index (χ3v) is 14.1. The summed E-state index contributed by atoms with van der Waals surface area (Å²) < 4.78 is 0. The highest BCUT2D eigenvalue weighted by Crippen LogP contribution is 2.59. The van der Waals surface area contributed by atoms with Crippen LogP contribution in [0.4, 0.5) is 17.1 Å². The van der Waals surface area contributed by atoms with Gasteiger partial charge in [-0.15, -0.1) is 0 Å². The van der Waals surface area contributed by atoms with Gasteiger partial charge in [-0.05, 0) is 136 Å². The molecule has 12 aromatic rings. The number of anilines is 3. The molecular weight excluding hydrogens is 795 g/mol. The Hall–Kier alpha value is -8.52. The van der Waals surface area contributed by atoms with E-state index in [2.05, 4.69) is 266 Å². The molecule has 0 N–H and O–H groups in total. The highest BCUT2D eigenvalue weighted by atomic mass is 15.1. The molecule has 13 rings (SSSR count). The molecule has 1 aliphatic rings. The van der Waals surface area contributed by atoms with Crippen LogP contribution >= 0.6 is 0 Å². The topological polar surface area (TPSA) is 3.24 Å². The number of nitrogens with zero attached hydrogens (tertiary/aromatic N) is 1. The van der Waals surface area contributed by atoms with Crippen LogP contribution in [0.1, 0.15) is 22.3 Å². The SMILES string of the molecule is c1ccc(N(c2ccccc2)c2ccc(-c3cc4c5ccccc5c(-c5cccc6c5C(c5ccccc5)(c5ccccc5)c5ccccc5-6)cc4c4ccccc34)c3ccccc23)cc1. The molecule has 0 amide bonds. The maximum Gasteiger partial charge on any atom is 0.0719 e. The second kappa shape index (κ2) is 15.3. The first kappa shape index (κ1) is 38.0. The van der Waals surface area contributed by atoms with Crippen molar-refractivity contribution >= 4 is 60.2 Å². The number of para-hydroxylation sites is 2. The number of benzene rings is 12. The van der Waals surface area contributed by atoms with Gasteiger partial charge in [0, 0.05) is 16.8 Å². The van der Waals surface area contributed by atoms with Crippen LogP contribution < -0.4 is 4.90 Å². The fourth-order valence-electron chi connectivity index (χ4n) is 11.4. The fourth-order valence-corrected chi connectivity index (χ4v) is 11.4. The van der Waals surface area contributed by atoms with E-state index in [1.54, 1.807) is 0 Å². The average Bonchev–Trinajstić information content (AvgIpc) is 3.71. The number of hydrogen-bond acceptors (Lipinski definition) is 1. The van der Waals surface area contributed by atoms with Crippen LogP contribution in [0.15, 0.2) is 261 Å². The molecule has 0 aromatic heterocycles. The monoisotopic (exact) mass is 837 g/mol. The van der Waals surface area contributed by atoms with E-state index in [0.29, 0.717) is 0 Å². The predicted molar refractivity (Wildman–Crippen MR) is 279 cm³/mol. The van der Waals surface area contributed by atoms with E-state index in [1.165, 1.54) is 98.7 Å². The summed E-state index contributed by atoms with van der Waals surface area (Å²) in [4.78, 5) is 2.38. The van der Waals surface area contributed by atoms with Crippen molar-refractivity contribution in [3.8, 4) is 33.4 Å². The molecule has 1 aliphatic carbocycles. The second-order valence-corrected chi connectivity index (χ2v) is 17.5. The maximum atomic E-state index is 2.50. The van der Waals surface area contributed by atoms with Crippen LogP contribution in [0.3, 0.4) is 0 Å². The lowest BCUT2D eigenvalue weighted by molar-refractivity contribution is 0.770. The smallest absolute Gasteiger partial charge is 0.0719 e. The summed E-state index contributed by atoms with van der Waals surface area (Å²) in [6.07, 6.45) is 0. The number of fused-ring (bicyclic) bond motifs is 9. The molecule has 66 heavy (non-hydrogen) atoms. The molecule has 0 unspecified atom stereocenters. The Morgan fingerprint density at radius 1 is 0.242 bits per heavy atom. The fraction of sp³-hybridized carbons (Fsp3) is 0.0154. The first-order valence-electron chi connectivity index (χ1n) is 22.9. The molecule has 0 spiro atoms. The van der Waals surface area contributed by atoms with Crippen LogP contribution in [-0.4, -0.2) is 0 Å². The predicted octanol–water partition coefficient (Wildman–Crippen LogP) is 17.5. The highest BCUT2D eigenvalue weighted by molar-refractivity contribution is 6.25. The summed E-state index contributed by atoms with van der Waals surface area (Å²) in [6, 6.07) is 96.4. The molecular formula is C65H43N. The molecule has 0 atom stereocenters. The summed E-state index contributed by atoms with van der Waals surface area (Å²) in [7, 11) is 0. The Labute approximate surface area is 385 Å². The minimum absolute atomic E-state index is 0.531. The van der Waals surface area contributed by atoms with E-state index >= 15 is 0 Å². The van der Waals surface area contributed by atoms with E-state index in [-0.39, 0.29) is 0 Å². The van der Waals surface area contributed by atoms with Crippen LogP contribution in [0, 0.1) is 0 Å². The van der Waals surface area contributed by atoms with Gasteiger partial charge in [0.25, 0.3) is 0 Å². The Bertz CT molecular complexity index is 3720. The van der Waals surface area contributed by atoms with Crippen LogP contribution in [0.2, 0.25) is 0 Å². The molecule has 0 saturated heterocycles. The van der Waals surface area contributed by atoms with Crippen molar-refractivity contribution in [3.63, 3.8) is 0 Å². The zero-order valence-electron chi connectivity index (χ0n) is 36.3. The molecule has 12 aromatic carbocycles. The van der Waals surface area contributed by atoms with E-state index in [1.807, 2.05) is 0 Å². The minimum Gasteiger partial charge on any atom is -0.310 e. The molecule has 1 heteroatoms. The Morgan fingerprint density at radius 3 is 1.18 bits per heavy atom. The van der Waals surface area contributed by atoms with Gasteiger partial charge in [-0.25, -0.2) is 0 Å². The van der Waals surface area contributed by atoms with Crippen molar-refractivity contribution in [2.45, 2.75) is 5.41 Å². The second-order valence-electron chi connectivity index (χ2n) is 17.5. The molecule has 0 bridgehead atoms. The van der Waals surface area contributed by atoms with Gasteiger partial charge >= 0.3 is 0 Å². The molecule has 0 aliphatic heterocycles. The van der Waals surface area contributed by atoms with Crippen molar-refractivity contribution in [2.24, 2.45) is 0 Å². The lowest BCUT2D eigenvalue weighted by Gasteiger charge is -2.35. The van der Waals surface area contributed by atoms with Crippen molar-refractivity contribution in [1.29, 1.82) is 0 Å². The quantitative estimate of drug-likeness (QED) is 0.145. The summed E-state index contributed by atoms with van der Waals surface area (Å²) in [5, 5.41) is 9.89. The third kappa shape index (κ3) is 5.67. The maximum absolute atomic E-state index is 2.50. The Morgan fingerprint density at radius 2 is 0.636 bits per heavy atom. The summed E-state index contributed by atoms with van der Waals surface area (Å²) in [6.45, 7) is 0. The van der Waals surface area contributed by atoms with Gasteiger partial charge in [0.1, 0.15) is 0 Å². The van der Waals surface area contributed by atoms with E-state index < -0.39 is 5.41 Å². The van der Waals surface area contributed by atoms with Crippen molar-refractivity contribution in [3.05, 3.63) is 283 Å². The zero-order valence-corrected chi connectivity index (χ0v) is 36.3. The van der Waals surface area contributed by atoms with Gasteiger partial charge in [-0.3, -0.25) is 0 Å². The van der Waals surface area contributed by atoms with Crippen molar-refractivity contribution < 1.29 is 0 Å². The van der Waals surface area contributed by atoms with Gasteiger partial charge < -0.3 is 4.90 Å². The van der Waals surface area contributed by atoms with Crippen molar-refractivity contribution in [2.75, 3.05) is 4.90 Å². The highest BCUT2D eigenvalue weighted by Gasteiger charge is 2.47. The molecule has 0 radical (unpaired) electrons. The summed E-state index contributed by atoms with van der Waals surface area (Å²) >= 11 is 0. The van der Waals surface area contributed by atoms with Gasteiger partial charge in [0.15, 0.2) is 0 Å². The first-order valence-corrected chi connectivity index (χ1v) is 22.9. The lowest BCUT2D eigenvalue weighted by atomic mass is 9.66. The normalized spacial score (nSPS) is 12.7. The van der Waals surface area contributed by atoms with Gasteiger partial charge in [0.2, 0.25) is 0 Å². The van der Waals surface area contributed by atoms with Gasteiger partial charge in [0.05, 0.1) is 11.1 Å². The molecule has 1 nitrogen and oxygen atoms in total. The average molecular weight is 838 g/mol. The third-order valence-electron chi connectivity index (χ3n) is 14.1. The molecule has 0 fully saturated rings. The number of rotatable bonds is 7. The summed E-state index contributed by atoms with van der Waals surface area (Å²) in [5.74, 6) is 0. The zero-order chi connectivity index (χ0) is 43.6. The molecule has 0 saturated carbocycles. The molecule has 308 valence electrons.